The molecule has 2 aliphatic rings. The Hall–Kier alpha value is -1.85. The number of hydrogen-bond donors (Lipinski definition) is 1. The molecule has 1 aromatic rings. The molecule has 0 aliphatic carbocycles. The molecule has 0 radical (unpaired) electrons. The molecule has 1 saturated heterocycles. The first kappa shape index (κ1) is 20.9. The highest BCUT2D eigenvalue weighted by molar-refractivity contribution is 7.92. The number of carbonyl (C=O) groups excluding carboxylic acids is 1. The van der Waals surface area contributed by atoms with Crippen molar-refractivity contribution in [1.82, 2.24) is 9.80 Å². The molecule has 2 heterocycles. The number of benzene rings is 1. The van der Waals surface area contributed by atoms with E-state index in [0.717, 1.165) is 18.2 Å². The Labute approximate surface area is 160 Å². The second-order valence-electron chi connectivity index (χ2n) is 7.57. The molecule has 3 rings (SSSR count). The van der Waals surface area contributed by atoms with Crippen molar-refractivity contribution in [1.29, 1.82) is 0 Å². The van der Waals surface area contributed by atoms with Crippen LogP contribution in [0.15, 0.2) is 23.1 Å². The lowest BCUT2D eigenvalue weighted by atomic mass is 9.85. The molecule has 1 amide bonds. The van der Waals surface area contributed by atoms with Crippen molar-refractivity contribution in [3.8, 4) is 5.75 Å². The number of carbonyl (C=O) groups is 1. The summed E-state index contributed by atoms with van der Waals surface area (Å²) in [6, 6.07) is 1.77. The number of ether oxygens (including phenoxy) is 1. The van der Waals surface area contributed by atoms with Crippen LogP contribution in [0.1, 0.15) is 25.5 Å². The predicted octanol–water partition coefficient (Wildman–Crippen LogP) is 1.33. The van der Waals surface area contributed by atoms with Crippen LogP contribution in [-0.4, -0.2) is 73.1 Å². The van der Waals surface area contributed by atoms with Crippen molar-refractivity contribution in [2.24, 2.45) is 0 Å². The van der Waals surface area contributed by atoms with Crippen molar-refractivity contribution in [3.05, 3.63) is 23.8 Å². The zero-order valence-electron chi connectivity index (χ0n) is 15.5. The highest BCUT2D eigenvalue weighted by Crippen LogP contribution is 2.45. The van der Waals surface area contributed by atoms with Gasteiger partial charge in [0.1, 0.15) is 17.5 Å². The molecule has 1 fully saturated rings. The normalized spacial score (nSPS) is 26.0. The number of likely N-dealkylation sites (N-methyl/N-ethyl adjacent to an activating group) is 1. The van der Waals surface area contributed by atoms with Gasteiger partial charge in [0.2, 0.25) is 5.91 Å². The Bertz CT molecular complexity index is 901. The molecule has 7 nitrogen and oxygen atoms in total. The van der Waals surface area contributed by atoms with Gasteiger partial charge in [-0.3, -0.25) is 9.69 Å². The van der Waals surface area contributed by atoms with Crippen LogP contribution in [0.2, 0.25) is 0 Å². The molecule has 0 unspecified atom stereocenters. The van der Waals surface area contributed by atoms with E-state index in [0.29, 0.717) is 6.54 Å². The van der Waals surface area contributed by atoms with Gasteiger partial charge in [-0.1, -0.05) is 0 Å². The van der Waals surface area contributed by atoms with Gasteiger partial charge in [-0.05, 0) is 39.1 Å². The molecule has 1 N–H and O–H groups in total. The summed E-state index contributed by atoms with van der Waals surface area (Å²) in [5, 5.41) is 10.8. The van der Waals surface area contributed by atoms with Crippen LogP contribution in [0.4, 0.5) is 13.2 Å². The quantitative estimate of drug-likeness (QED) is 0.774. The third-order valence-electron chi connectivity index (χ3n) is 5.08. The number of halogens is 3. The second-order valence-corrected chi connectivity index (χ2v) is 9.51. The highest BCUT2D eigenvalue weighted by atomic mass is 32.2. The number of fused-ring (bicyclic) bond motifs is 1. The molecule has 0 saturated carbocycles. The zero-order valence-corrected chi connectivity index (χ0v) is 16.3. The summed E-state index contributed by atoms with van der Waals surface area (Å²) in [4.78, 5) is 14.7. The van der Waals surface area contributed by atoms with Crippen LogP contribution in [0.25, 0.3) is 0 Å². The number of amides is 1. The molecule has 2 aliphatic heterocycles. The summed E-state index contributed by atoms with van der Waals surface area (Å²) in [6.07, 6.45) is -1.27. The Morgan fingerprint density at radius 1 is 1.25 bits per heavy atom. The van der Waals surface area contributed by atoms with Gasteiger partial charge < -0.3 is 14.7 Å². The van der Waals surface area contributed by atoms with Crippen molar-refractivity contribution in [2.75, 3.05) is 26.7 Å². The molecule has 0 bridgehead atoms. The largest absolute Gasteiger partial charge is 0.501 e. The lowest BCUT2D eigenvalue weighted by molar-refractivity contribution is -0.149. The average molecular weight is 422 g/mol. The van der Waals surface area contributed by atoms with E-state index in [4.69, 9.17) is 4.74 Å². The van der Waals surface area contributed by atoms with E-state index in [1.807, 2.05) is 0 Å². The fourth-order valence-electron chi connectivity index (χ4n) is 3.48. The summed E-state index contributed by atoms with van der Waals surface area (Å²) < 4.78 is 68.2. The minimum absolute atomic E-state index is 0.0371. The summed E-state index contributed by atoms with van der Waals surface area (Å²) in [5.41, 5.74) is -6.56. The van der Waals surface area contributed by atoms with Gasteiger partial charge >= 0.3 is 5.51 Å². The number of aliphatic hydroxyl groups is 1. The summed E-state index contributed by atoms with van der Waals surface area (Å²) in [5.74, 6) is -0.182. The molecule has 1 aromatic carbocycles. The maximum Gasteiger partial charge on any atom is 0.501 e. The Kier molecular flexibility index (Phi) is 4.92. The molecular weight excluding hydrogens is 401 g/mol. The minimum Gasteiger partial charge on any atom is -0.485 e. The predicted molar refractivity (Wildman–Crippen MR) is 92.3 cm³/mol. The first-order chi connectivity index (χ1) is 12.8. The van der Waals surface area contributed by atoms with Crippen molar-refractivity contribution in [3.63, 3.8) is 0 Å². The van der Waals surface area contributed by atoms with E-state index < -0.39 is 38.0 Å². The third kappa shape index (κ3) is 3.35. The maximum absolute atomic E-state index is 13.0. The van der Waals surface area contributed by atoms with E-state index in [9.17, 15) is 31.5 Å². The van der Waals surface area contributed by atoms with Crippen molar-refractivity contribution < 1.29 is 36.2 Å². The SMILES string of the molecule is CN1CCN([C@H]2c3cc(S(=O)(=O)C(F)(F)F)ccc3OC(C)(C)[C@@H]2O)C(=O)C1. The molecular formula is C17H21F3N2O5S. The van der Waals surface area contributed by atoms with Gasteiger partial charge in [0.05, 0.1) is 17.5 Å². The van der Waals surface area contributed by atoms with Gasteiger partial charge in [-0.2, -0.15) is 13.2 Å². The number of rotatable bonds is 2. The van der Waals surface area contributed by atoms with Crippen LogP contribution in [0, 0.1) is 0 Å². The number of piperazine rings is 1. The molecule has 11 heteroatoms. The van der Waals surface area contributed by atoms with Crippen LogP contribution < -0.4 is 4.74 Å². The van der Waals surface area contributed by atoms with Crippen molar-refractivity contribution in [2.45, 2.75) is 42.0 Å². The smallest absolute Gasteiger partial charge is 0.485 e. The molecule has 0 spiro atoms. The zero-order chi connectivity index (χ0) is 21.1. The lowest BCUT2D eigenvalue weighted by Crippen LogP contribution is -2.58. The van der Waals surface area contributed by atoms with Gasteiger partial charge in [0.25, 0.3) is 9.84 Å². The van der Waals surface area contributed by atoms with E-state index in [1.54, 1.807) is 25.8 Å². The Morgan fingerprint density at radius 2 is 1.89 bits per heavy atom. The van der Waals surface area contributed by atoms with Crippen LogP contribution in [0.3, 0.4) is 0 Å². The first-order valence-electron chi connectivity index (χ1n) is 8.56. The Morgan fingerprint density at radius 3 is 2.46 bits per heavy atom. The average Bonchev–Trinajstić information content (AvgIpc) is 2.55. The number of alkyl halides is 3. The third-order valence-corrected chi connectivity index (χ3v) is 6.57. The number of sulfone groups is 1. The lowest BCUT2D eigenvalue weighted by Gasteiger charge is -2.48. The number of hydrogen-bond acceptors (Lipinski definition) is 6. The van der Waals surface area contributed by atoms with Crippen LogP contribution in [0.5, 0.6) is 5.75 Å². The van der Waals surface area contributed by atoms with Crippen LogP contribution >= 0.6 is 0 Å². The van der Waals surface area contributed by atoms with E-state index in [-0.39, 0.29) is 30.3 Å². The molecule has 0 aromatic heterocycles. The minimum atomic E-state index is -5.58. The highest BCUT2D eigenvalue weighted by Gasteiger charge is 2.50. The van der Waals surface area contributed by atoms with Crippen molar-refractivity contribution >= 4 is 15.7 Å². The summed E-state index contributed by atoms with van der Waals surface area (Å²) in [7, 11) is -3.83. The van der Waals surface area contributed by atoms with Gasteiger partial charge in [0.15, 0.2) is 0 Å². The first-order valence-corrected chi connectivity index (χ1v) is 10.0. The number of nitrogens with zero attached hydrogens (tertiary/aromatic N) is 2. The van der Waals surface area contributed by atoms with E-state index in [2.05, 4.69) is 0 Å². The monoisotopic (exact) mass is 422 g/mol. The topological polar surface area (TPSA) is 87.2 Å². The maximum atomic E-state index is 13.0. The number of aliphatic hydroxyl groups excluding tert-OH is 1. The Balaban J connectivity index is 2.14. The van der Waals surface area contributed by atoms with Gasteiger partial charge in [0, 0.05) is 18.7 Å². The van der Waals surface area contributed by atoms with E-state index >= 15 is 0 Å². The summed E-state index contributed by atoms with van der Waals surface area (Å²) >= 11 is 0. The van der Waals surface area contributed by atoms with Gasteiger partial charge in [-0.25, -0.2) is 8.42 Å². The van der Waals surface area contributed by atoms with E-state index in [1.165, 1.54) is 4.90 Å². The molecule has 2 atom stereocenters. The fraction of sp³-hybridized carbons (Fsp3) is 0.588. The standard InChI is InChI=1S/C17H21F3N2O5S/c1-16(2)15(24)14(22-7-6-21(3)9-13(22)23)11-8-10(4-5-12(11)27-16)28(25,26)17(18,19)20/h4-5,8,14-15,24H,6-7,9H2,1-3H3/t14-,15+/m0/s1. The summed E-state index contributed by atoms with van der Waals surface area (Å²) in [6.45, 7) is 4.01. The van der Waals surface area contributed by atoms with Crippen LogP contribution in [-0.2, 0) is 14.6 Å². The van der Waals surface area contributed by atoms with Gasteiger partial charge in [-0.15, -0.1) is 0 Å². The fourth-order valence-corrected chi connectivity index (χ4v) is 4.28. The molecule has 156 valence electrons. The molecule has 28 heavy (non-hydrogen) atoms. The second kappa shape index (κ2) is 6.60.